The Morgan fingerprint density at radius 2 is 1.84 bits per heavy atom. The van der Waals surface area contributed by atoms with Gasteiger partial charge in [0.1, 0.15) is 5.82 Å². The summed E-state index contributed by atoms with van der Waals surface area (Å²) in [6, 6.07) is 15.7. The third-order valence-corrected chi connectivity index (χ3v) is 4.76. The van der Waals surface area contributed by atoms with Crippen LogP contribution in [0.15, 0.2) is 66.9 Å². The highest BCUT2D eigenvalue weighted by Gasteiger charge is 2.12. The fraction of sp³-hybridized carbons (Fsp3) is 0.208. The van der Waals surface area contributed by atoms with E-state index in [9.17, 15) is 14.0 Å². The van der Waals surface area contributed by atoms with Gasteiger partial charge in [0.25, 0.3) is 0 Å². The van der Waals surface area contributed by atoms with E-state index in [-0.39, 0.29) is 24.1 Å². The lowest BCUT2D eigenvalue weighted by Gasteiger charge is -2.14. The maximum Gasteiger partial charge on any atom is 0.305 e. The number of amides is 1. The van der Waals surface area contributed by atoms with Crippen LogP contribution in [0.1, 0.15) is 18.4 Å². The van der Waals surface area contributed by atoms with Gasteiger partial charge in [-0.25, -0.2) is 9.07 Å². The third kappa shape index (κ3) is 5.88. The van der Waals surface area contributed by atoms with Crippen molar-refractivity contribution in [3.8, 4) is 16.9 Å². The maximum atomic E-state index is 13.4. The van der Waals surface area contributed by atoms with Crippen molar-refractivity contribution in [1.29, 1.82) is 0 Å². The van der Waals surface area contributed by atoms with Crippen LogP contribution in [0.25, 0.3) is 23.0 Å². The summed E-state index contributed by atoms with van der Waals surface area (Å²) in [5, 5.41) is 4.65. The molecule has 3 rings (SSSR count). The summed E-state index contributed by atoms with van der Waals surface area (Å²) in [6.45, 7) is 0.437. The Bertz CT molecular complexity index is 1060. The van der Waals surface area contributed by atoms with Crippen LogP contribution >= 0.6 is 0 Å². The minimum atomic E-state index is -0.327. The number of hydrogen-bond acceptors (Lipinski definition) is 4. The van der Waals surface area contributed by atoms with Crippen LogP contribution in [-0.4, -0.2) is 47.3 Å². The average molecular weight is 421 g/mol. The van der Waals surface area contributed by atoms with Crippen molar-refractivity contribution < 1.29 is 18.7 Å². The zero-order valence-electron chi connectivity index (χ0n) is 17.5. The van der Waals surface area contributed by atoms with Crippen LogP contribution < -0.4 is 0 Å². The molecule has 0 atom stereocenters. The summed E-state index contributed by atoms with van der Waals surface area (Å²) in [5.74, 6) is -0.817. The molecule has 2 aromatic carbocycles. The number of nitrogens with zero attached hydrogens (tertiary/aromatic N) is 3. The molecule has 6 nitrogen and oxygen atoms in total. The van der Waals surface area contributed by atoms with E-state index in [4.69, 9.17) is 0 Å². The molecular formula is C24H24FN3O3. The molecule has 0 unspecified atom stereocenters. The first-order chi connectivity index (χ1) is 15.0. The number of aromatic nitrogens is 2. The SMILES string of the molecule is COC(=O)CCCN(C)C(=O)/C=C/c1cn(-c2ccccc2)nc1-c1ccc(F)cc1. The van der Waals surface area contributed by atoms with Gasteiger partial charge < -0.3 is 9.64 Å². The molecule has 0 radical (unpaired) electrons. The molecule has 0 N–H and O–H groups in total. The van der Waals surface area contributed by atoms with Crippen LogP contribution in [0.4, 0.5) is 4.39 Å². The van der Waals surface area contributed by atoms with E-state index in [0.717, 1.165) is 16.8 Å². The van der Waals surface area contributed by atoms with E-state index >= 15 is 0 Å². The van der Waals surface area contributed by atoms with E-state index in [1.807, 2.05) is 36.5 Å². The number of hydrogen-bond donors (Lipinski definition) is 0. The van der Waals surface area contributed by atoms with Crippen LogP contribution in [0.5, 0.6) is 0 Å². The second-order valence-corrected chi connectivity index (χ2v) is 6.99. The Morgan fingerprint density at radius 3 is 2.52 bits per heavy atom. The van der Waals surface area contributed by atoms with Crippen molar-refractivity contribution in [2.45, 2.75) is 12.8 Å². The highest BCUT2D eigenvalue weighted by molar-refractivity contribution is 5.92. The third-order valence-electron chi connectivity index (χ3n) is 4.76. The first-order valence-electron chi connectivity index (χ1n) is 9.89. The quantitative estimate of drug-likeness (QED) is 0.406. The van der Waals surface area contributed by atoms with Crippen molar-refractivity contribution in [3.05, 3.63) is 78.3 Å². The number of ether oxygens (including phenoxy) is 1. The van der Waals surface area contributed by atoms with Gasteiger partial charge in [0, 0.05) is 43.4 Å². The molecule has 0 saturated heterocycles. The molecule has 0 saturated carbocycles. The molecular weight excluding hydrogens is 397 g/mol. The topological polar surface area (TPSA) is 64.4 Å². The van der Waals surface area contributed by atoms with Gasteiger partial charge in [-0.15, -0.1) is 0 Å². The number of likely N-dealkylation sites (N-methyl/N-ethyl adjacent to an activating group) is 1. The normalized spacial score (nSPS) is 10.9. The van der Waals surface area contributed by atoms with Gasteiger partial charge in [-0.05, 0) is 48.9 Å². The summed E-state index contributed by atoms with van der Waals surface area (Å²) in [5.41, 5.74) is 2.99. The fourth-order valence-corrected chi connectivity index (χ4v) is 3.02. The lowest BCUT2D eigenvalue weighted by molar-refractivity contribution is -0.141. The number of esters is 1. The van der Waals surface area contributed by atoms with Gasteiger partial charge in [-0.2, -0.15) is 5.10 Å². The molecule has 1 heterocycles. The van der Waals surface area contributed by atoms with Crippen LogP contribution in [0.3, 0.4) is 0 Å². The zero-order chi connectivity index (χ0) is 22.2. The van der Waals surface area contributed by atoms with Crippen LogP contribution in [0.2, 0.25) is 0 Å². The van der Waals surface area contributed by atoms with Gasteiger partial charge in [0.2, 0.25) is 5.91 Å². The minimum Gasteiger partial charge on any atom is -0.469 e. The van der Waals surface area contributed by atoms with Gasteiger partial charge in [-0.3, -0.25) is 9.59 Å². The lowest BCUT2D eigenvalue weighted by atomic mass is 10.1. The number of methoxy groups -OCH3 is 1. The van der Waals surface area contributed by atoms with Crippen LogP contribution in [0, 0.1) is 5.82 Å². The molecule has 1 aromatic heterocycles. The molecule has 31 heavy (non-hydrogen) atoms. The molecule has 3 aromatic rings. The zero-order valence-corrected chi connectivity index (χ0v) is 17.5. The molecule has 0 fully saturated rings. The standard InChI is InChI=1S/C24H24FN3O3/c1-27(16-6-9-23(30)31-2)22(29)15-12-19-17-28(21-7-4-3-5-8-21)26-24(19)18-10-13-20(25)14-11-18/h3-5,7-8,10-15,17H,6,9,16H2,1-2H3/b15-12+. The van der Waals surface area contributed by atoms with Crippen molar-refractivity contribution in [2.24, 2.45) is 0 Å². The molecule has 0 aliphatic carbocycles. The monoisotopic (exact) mass is 421 g/mol. The van der Waals surface area contributed by atoms with Crippen molar-refractivity contribution in [2.75, 3.05) is 20.7 Å². The van der Waals surface area contributed by atoms with Gasteiger partial charge >= 0.3 is 5.97 Å². The molecule has 0 aliphatic heterocycles. The number of para-hydroxylation sites is 1. The van der Waals surface area contributed by atoms with E-state index in [1.54, 1.807) is 34.8 Å². The molecule has 7 heteroatoms. The first kappa shape index (κ1) is 22.0. The number of halogens is 1. The summed E-state index contributed by atoms with van der Waals surface area (Å²) in [4.78, 5) is 25.2. The second-order valence-electron chi connectivity index (χ2n) is 6.99. The fourth-order valence-electron chi connectivity index (χ4n) is 3.02. The van der Waals surface area contributed by atoms with Crippen molar-refractivity contribution in [3.63, 3.8) is 0 Å². The number of carbonyl (C=O) groups is 2. The Kier molecular flexibility index (Phi) is 7.32. The summed E-state index contributed by atoms with van der Waals surface area (Å²) in [6.07, 6.45) is 5.78. The first-order valence-corrected chi connectivity index (χ1v) is 9.89. The Labute approximate surface area is 180 Å². The molecule has 1 amide bonds. The van der Waals surface area contributed by atoms with Gasteiger partial charge in [0.05, 0.1) is 18.5 Å². The number of benzene rings is 2. The summed E-state index contributed by atoms with van der Waals surface area (Å²) >= 11 is 0. The molecule has 0 aliphatic rings. The van der Waals surface area contributed by atoms with E-state index in [0.29, 0.717) is 18.7 Å². The number of rotatable bonds is 8. The van der Waals surface area contributed by atoms with E-state index in [1.165, 1.54) is 25.3 Å². The molecule has 0 bridgehead atoms. The predicted molar refractivity (Wildman–Crippen MR) is 117 cm³/mol. The Hall–Kier alpha value is -3.74. The Morgan fingerprint density at radius 1 is 1.13 bits per heavy atom. The van der Waals surface area contributed by atoms with Gasteiger partial charge in [-0.1, -0.05) is 18.2 Å². The van der Waals surface area contributed by atoms with E-state index in [2.05, 4.69) is 9.84 Å². The summed E-state index contributed by atoms with van der Waals surface area (Å²) in [7, 11) is 3.02. The maximum absolute atomic E-state index is 13.4. The highest BCUT2D eigenvalue weighted by Crippen LogP contribution is 2.25. The lowest BCUT2D eigenvalue weighted by Crippen LogP contribution is -2.26. The number of carbonyl (C=O) groups excluding carboxylic acids is 2. The largest absolute Gasteiger partial charge is 0.469 e. The van der Waals surface area contributed by atoms with Crippen molar-refractivity contribution >= 4 is 18.0 Å². The van der Waals surface area contributed by atoms with Crippen molar-refractivity contribution in [1.82, 2.24) is 14.7 Å². The average Bonchev–Trinajstić information content (AvgIpc) is 3.22. The highest BCUT2D eigenvalue weighted by atomic mass is 19.1. The van der Waals surface area contributed by atoms with E-state index < -0.39 is 0 Å². The molecule has 160 valence electrons. The predicted octanol–water partition coefficient (Wildman–Crippen LogP) is 4.10. The van der Waals surface area contributed by atoms with Crippen LogP contribution in [-0.2, 0) is 14.3 Å². The second kappa shape index (κ2) is 10.3. The smallest absolute Gasteiger partial charge is 0.305 e. The Balaban J connectivity index is 1.81. The minimum absolute atomic E-state index is 0.192. The van der Waals surface area contributed by atoms with Gasteiger partial charge in [0.15, 0.2) is 0 Å². The summed E-state index contributed by atoms with van der Waals surface area (Å²) < 4.78 is 19.7. The molecule has 0 spiro atoms.